The first kappa shape index (κ1) is 17.8. The number of ether oxygens (including phenoxy) is 1. The van der Waals surface area contributed by atoms with E-state index in [-0.39, 0.29) is 23.3 Å². The lowest BCUT2D eigenvalue weighted by atomic mass is 10.2. The van der Waals surface area contributed by atoms with Gasteiger partial charge in [-0.3, -0.25) is 14.5 Å². The molecule has 25 heavy (non-hydrogen) atoms. The predicted molar refractivity (Wildman–Crippen MR) is 94.2 cm³/mol. The smallest absolute Gasteiger partial charge is 0.262 e. The number of amides is 1. The van der Waals surface area contributed by atoms with E-state index in [0.29, 0.717) is 37.7 Å². The van der Waals surface area contributed by atoms with E-state index >= 15 is 0 Å². The molecule has 0 saturated carbocycles. The number of anilines is 1. The van der Waals surface area contributed by atoms with Crippen molar-refractivity contribution in [3.05, 3.63) is 24.3 Å². The largest absolute Gasteiger partial charge is 0.378 e. The second-order valence-corrected chi connectivity index (χ2v) is 7.73. The maximum absolute atomic E-state index is 12.4. The Bertz CT molecular complexity index is 757. The number of sulfonamides is 1. The van der Waals surface area contributed by atoms with E-state index in [0.717, 1.165) is 13.0 Å². The summed E-state index contributed by atoms with van der Waals surface area (Å²) in [5.74, 6) is 0.295. The van der Waals surface area contributed by atoms with Crippen LogP contribution in [0.3, 0.4) is 0 Å². The summed E-state index contributed by atoms with van der Waals surface area (Å²) in [4.78, 5) is 16.3. The van der Waals surface area contributed by atoms with Crippen molar-refractivity contribution in [1.29, 1.82) is 0 Å². The van der Waals surface area contributed by atoms with E-state index in [1.807, 2.05) is 0 Å². The number of amidine groups is 1. The fraction of sp³-hybridized carbons (Fsp3) is 0.500. The van der Waals surface area contributed by atoms with Crippen molar-refractivity contribution in [1.82, 2.24) is 10.0 Å². The number of nitrogens with one attached hydrogen (secondary N) is 3. The van der Waals surface area contributed by atoms with Crippen LogP contribution in [0.4, 0.5) is 5.69 Å². The zero-order valence-electron chi connectivity index (χ0n) is 13.8. The normalized spacial score (nSPS) is 20.8. The van der Waals surface area contributed by atoms with Crippen molar-refractivity contribution >= 4 is 27.5 Å². The van der Waals surface area contributed by atoms with Crippen molar-refractivity contribution in [3.63, 3.8) is 0 Å². The quantitative estimate of drug-likeness (QED) is 0.702. The molecule has 8 nitrogen and oxygen atoms in total. The van der Waals surface area contributed by atoms with Gasteiger partial charge in [-0.25, -0.2) is 8.42 Å². The van der Waals surface area contributed by atoms with Crippen LogP contribution in [0.25, 0.3) is 0 Å². The molecule has 0 aliphatic carbocycles. The number of carbonyl (C=O) groups excluding carboxylic acids is 1. The van der Waals surface area contributed by atoms with Crippen LogP contribution in [-0.4, -0.2) is 52.5 Å². The van der Waals surface area contributed by atoms with Gasteiger partial charge in [-0.1, -0.05) is 6.07 Å². The van der Waals surface area contributed by atoms with Crippen LogP contribution in [0.5, 0.6) is 0 Å². The highest BCUT2D eigenvalue weighted by molar-refractivity contribution is 7.90. The highest BCUT2D eigenvalue weighted by Crippen LogP contribution is 2.17. The number of carbonyl (C=O) groups is 1. The van der Waals surface area contributed by atoms with Crippen molar-refractivity contribution in [2.45, 2.75) is 30.2 Å². The van der Waals surface area contributed by atoms with E-state index in [4.69, 9.17) is 4.74 Å². The second-order valence-electron chi connectivity index (χ2n) is 6.04. The summed E-state index contributed by atoms with van der Waals surface area (Å²) < 4.78 is 32.6. The van der Waals surface area contributed by atoms with Crippen LogP contribution in [0.15, 0.2) is 34.2 Å². The van der Waals surface area contributed by atoms with Gasteiger partial charge in [0, 0.05) is 37.7 Å². The number of aliphatic imine (C=N–C) groups is 1. The Morgan fingerprint density at radius 3 is 3.00 bits per heavy atom. The van der Waals surface area contributed by atoms with Crippen molar-refractivity contribution in [2.75, 3.05) is 31.6 Å². The molecule has 0 bridgehead atoms. The SMILES string of the molecule is O=C(CC1COCCN1)Nc1cccc(S(=O)(=O)NC2=NCCC2)c1. The van der Waals surface area contributed by atoms with E-state index in [1.54, 1.807) is 12.1 Å². The number of morpholine rings is 1. The van der Waals surface area contributed by atoms with Gasteiger partial charge in [0.1, 0.15) is 5.84 Å². The van der Waals surface area contributed by atoms with Gasteiger partial charge in [0.15, 0.2) is 0 Å². The molecule has 2 heterocycles. The fourth-order valence-corrected chi connectivity index (χ4v) is 3.90. The Kier molecular flexibility index (Phi) is 5.67. The van der Waals surface area contributed by atoms with Crippen LogP contribution < -0.4 is 15.4 Å². The Balaban J connectivity index is 1.63. The molecule has 1 atom stereocenters. The van der Waals surface area contributed by atoms with Crippen LogP contribution >= 0.6 is 0 Å². The third-order valence-corrected chi connectivity index (χ3v) is 5.36. The minimum absolute atomic E-state index is 0.0253. The van der Waals surface area contributed by atoms with E-state index in [2.05, 4.69) is 20.3 Å². The molecule has 1 aromatic carbocycles. The lowest BCUT2D eigenvalue weighted by Gasteiger charge is -2.23. The topological polar surface area (TPSA) is 109 Å². The molecule has 2 aliphatic heterocycles. The summed E-state index contributed by atoms with van der Waals surface area (Å²) in [7, 11) is -3.69. The Morgan fingerprint density at radius 1 is 1.40 bits per heavy atom. The number of hydrogen-bond donors (Lipinski definition) is 3. The van der Waals surface area contributed by atoms with Crippen LogP contribution in [0.1, 0.15) is 19.3 Å². The first-order valence-electron chi connectivity index (χ1n) is 8.30. The number of hydrogen-bond acceptors (Lipinski definition) is 6. The molecule has 9 heteroatoms. The molecule has 1 amide bonds. The first-order chi connectivity index (χ1) is 12.0. The van der Waals surface area contributed by atoms with E-state index in [1.165, 1.54) is 12.1 Å². The Morgan fingerprint density at radius 2 is 2.28 bits per heavy atom. The highest BCUT2D eigenvalue weighted by atomic mass is 32.2. The van der Waals surface area contributed by atoms with Crippen LogP contribution in [0, 0.1) is 0 Å². The van der Waals surface area contributed by atoms with Gasteiger partial charge in [-0.05, 0) is 24.6 Å². The molecule has 1 fully saturated rings. The molecule has 1 unspecified atom stereocenters. The molecule has 2 aliphatic rings. The summed E-state index contributed by atoms with van der Waals surface area (Å²) >= 11 is 0. The molecule has 3 rings (SSSR count). The Hall–Kier alpha value is -1.97. The number of nitrogens with zero attached hydrogens (tertiary/aromatic N) is 1. The third-order valence-electron chi connectivity index (χ3n) is 3.98. The minimum Gasteiger partial charge on any atom is -0.378 e. The van der Waals surface area contributed by atoms with Gasteiger partial charge >= 0.3 is 0 Å². The average Bonchev–Trinajstić information content (AvgIpc) is 3.08. The molecule has 1 aromatic rings. The maximum Gasteiger partial charge on any atom is 0.262 e. The van der Waals surface area contributed by atoms with Gasteiger partial charge in [0.25, 0.3) is 10.0 Å². The monoisotopic (exact) mass is 366 g/mol. The van der Waals surface area contributed by atoms with Gasteiger partial charge in [0.05, 0.1) is 18.1 Å². The van der Waals surface area contributed by atoms with Gasteiger partial charge in [-0.15, -0.1) is 0 Å². The lowest BCUT2D eigenvalue weighted by molar-refractivity contribution is -0.117. The van der Waals surface area contributed by atoms with Gasteiger partial charge in [-0.2, -0.15) is 0 Å². The molecule has 1 saturated heterocycles. The third kappa shape index (κ3) is 5.00. The van der Waals surface area contributed by atoms with Gasteiger partial charge < -0.3 is 15.4 Å². The summed E-state index contributed by atoms with van der Waals surface area (Å²) in [6, 6.07) is 6.17. The van der Waals surface area contributed by atoms with Gasteiger partial charge in [0.2, 0.25) is 5.91 Å². The fourth-order valence-electron chi connectivity index (χ4n) is 2.76. The molecular formula is C16H22N4O4S. The Labute approximate surface area is 147 Å². The number of benzene rings is 1. The molecule has 3 N–H and O–H groups in total. The summed E-state index contributed by atoms with van der Waals surface area (Å²) in [6.07, 6.45) is 1.75. The molecule has 0 spiro atoms. The zero-order chi connectivity index (χ0) is 17.7. The predicted octanol–water partition coefficient (Wildman–Crippen LogP) is 0.474. The maximum atomic E-state index is 12.4. The molecular weight excluding hydrogens is 344 g/mol. The summed E-state index contributed by atoms with van der Waals surface area (Å²) in [5.41, 5.74) is 0.443. The van der Waals surface area contributed by atoms with Crippen molar-refractivity contribution in [3.8, 4) is 0 Å². The lowest BCUT2D eigenvalue weighted by Crippen LogP contribution is -2.43. The van der Waals surface area contributed by atoms with Crippen molar-refractivity contribution < 1.29 is 17.9 Å². The molecule has 0 radical (unpaired) electrons. The van der Waals surface area contributed by atoms with E-state index in [9.17, 15) is 13.2 Å². The highest BCUT2D eigenvalue weighted by Gasteiger charge is 2.20. The standard InChI is InChI=1S/C16H22N4O4S/c21-16(10-13-11-24-8-7-17-13)19-12-3-1-4-14(9-12)25(22,23)20-15-5-2-6-18-15/h1,3-4,9,13,17H,2,5-8,10-11H2,(H,18,20)(H,19,21). The zero-order valence-corrected chi connectivity index (χ0v) is 14.6. The van der Waals surface area contributed by atoms with Crippen LogP contribution in [0.2, 0.25) is 0 Å². The molecule has 0 aromatic heterocycles. The van der Waals surface area contributed by atoms with Crippen molar-refractivity contribution in [2.24, 2.45) is 4.99 Å². The minimum atomic E-state index is -3.69. The van der Waals surface area contributed by atoms with Crippen LogP contribution in [-0.2, 0) is 19.6 Å². The molecule has 136 valence electrons. The van der Waals surface area contributed by atoms with E-state index < -0.39 is 10.0 Å². The number of rotatable bonds is 5. The first-order valence-corrected chi connectivity index (χ1v) is 9.78. The second kappa shape index (κ2) is 7.94. The average molecular weight is 366 g/mol. The summed E-state index contributed by atoms with van der Waals surface area (Å²) in [5, 5.41) is 5.95. The summed E-state index contributed by atoms with van der Waals surface area (Å²) in [6.45, 7) is 2.51.